The SMILES string of the molecule is c1ccc(-c2ccc(N(c3ccc(-c4cccc5ccccc45)cc3)c3ccc4sc5cccc(-c6ccc(C7CC8CCC7C8)cc6)c5c4c3)cc2)cc1. The van der Waals surface area contributed by atoms with E-state index in [1.807, 2.05) is 11.3 Å². The number of fused-ring (bicyclic) bond motifs is 6. The first-order valence-corrected chi connectivity index (χ1v) is 20.6. The summed E-state index contributed by atoms with van der Waals surface area (Å²) in [4.78, 5) is 2.41. The molecule has 264 valence electrons. The second-order valence-electron chi connectivity index (χ2n) is 15.7. The molecule has 0 aliphatic heterocycles. The standard InChI is InChI=1S/C53H41NS/c1-2-8-36(9-3-1)37-22-26-43(27-23-37)54(44-28-24-39(25-29-44)47-13-6-11-38-10-4-5-12-46(38)47)45-30-31-51-50(34-45)53-48(14-7-15-52(53)55-51)40-18-20-41(21-19-40)49-33-35-16-17-42(49)32-35/h1-15,18-31,34-35,42,49H,16-17,32-33H2. The first-order valence-electron chi connectivity index (χ1n) is 19.8. The Morgan fingerprint density at radius 1 is 0.436 bits per heavy atom. The quantitative estimate of drug-likeness (QED) is 0.158. The molecule has 1 aromatic heterocycles. The van der Waals surface area contributed by atoms with Crippen molar-refractivity contribution in [3.8, 4) is 33.4 Å². The average Bonchev–Trinajstić information content (AvgIpc) is 4.00. The number of benzene rings is 8. The molecule has 0 spiro atoms. The highest BCUT2D eigenvalue weighted by Gasteiger charge is 2.40. The normalized spacial score (nSPS) is 17.7. The van der Waals surface area contributed by atoms with Gasteiger partial charge in [-0.1, -0.05) is 140 Å². The second kappa shape index (κ2) is 13.4. The third-order valence-electron chi connectivity index (χ3n) is 12.6. The van der Waals surface area contributed by atoms with E-state index in [0.717, 1.165) is 34.8 Å². The van der Waals surface area contributed by atoms with Crippen LogP contribution in [0.4, 0.5) is 17.1 Å². The van der Waals surface area contributed by atoms with Gasteiger partial charge in [0, 0.05) is 37.2 Å². The molecule has 2 saturated carbocycles. The Labute approximate surface area is 327 Å². The molecule has 0 N–H and O–H groups in total. The molecule has 55 heavy (non-hydrogen) atoms. The van der Waals surface area contributed by atoms with Crippen molar-refractivity contribution < 1.29 is 0 Å². The van der Waals surface area contributed by atoms with E-state index in [1.54, 1.807) is 5.56 Å². The lowest BCUT2D eigenvalue weighted by atomic mass is 9.83. The summed E-state index contributed by atoms with van der Waals surface area (Å²) in [6, 6.07) is 67.6. The van der Waals surface area contributed by atoms with Crippen molar-refractivity contribution in [2.75, 3.05) is 4.90 Å². The topological polar surface area (TPSA) is 3.24 Å². The van der Waals surface area contributed by atoms with E-state index >= 15 is 0 Å². The van der Waals surface area contributed by atoms with Crippen molar-refractivity contribution in [1.29, 1.82) is 0 Å². The molecule has 3 unspecified atom stereocenters. The zero-order chi connectivity index (χ0) is 36.3. The maximum Gasteiger partial charge on any atom is 0.0468 e. The lowest BCUT2D eigenvalue weighted by molar-refractivity contribution is 0.420. The molecule has 11 rings (SSSR count). The molecule has 2 bridgehead atoms. The highest BCUT2D eigenvalue weighted by molar-refractivity contribution is 7.26. The van der Waals surface area contributed by atoms with Crippen molar-refractivity contribution in [2.45, 2.75) is 31.6 Å². The minimum atomic E-state index is 0.752. The summed E-state index contributed by atoms with van der Waals surface area (Å²) in [6.07, 6.45) is 5.69. The molecule has 2 aliphatic rings. The Morgan fingerprint density at radius 2 is 1.07 bits per heavy atom. The van der Waals surface area contributed by atoms with Gasteiger partial charge >= 0.3 is 0 Å². The number of hydrogen-bond donors (Lipinski definition) is 0. The van der Waals surface area contributed by atoms with E-state index in [-0.39, 0.29) is 0 Å². The summed E-state index contributed by atoms with van der Waals surface area (Å²) >= 11 is 1.90. The molecule has 1 nitrogen and oxygen atoms in total. The van der Waals surface area contributed by atoms with E-state index in [4.69, 9.17) is 0 Å². The van der Waals surface area contributed by atoms with Crippen LogP contribution >= 0.6 is 11.3 Å². The van der Waals surface area contributed by atoms with E-state index in [2.05, 4.69) is 187 Å². The van der Waals surface area contributed by atoms with Crippen molar-refractivity contribution in [1.82, 2.24) is 0 Å². The van der Waals surface area contributed by atoms with Crippen LogP contribution in [0.2, 0.25) is 0 Å². The number of nitrogens with zero attached hydrogens (tertiary/aromatic N) is 1. The lowest BCUT2D eigenvalue weighted by Crippen LogP contribution is -2.09. The van der Waals surface area contributed by atoms with Crippen LogP contribution in [0.5, 0.6) is 0 Å². The van der Waals surface area contributed by atoms with Crippen LogP contribution in [-0.4, -0.2) is 0 Å². The van der Waals surface area contributed by atoms with Crippen molar-refractivity contribution in [2.24, 2.45) is 11.8 Å². The maximum absolute atomic E-state index is 2.43. The van der Waals surface area contributed by atoms with Gasteiger partial charge in [-0.15, -0.1) is 11.3 Å². The van der Waals surface area contributed by atoms with Gasteiger partial charge in [-0.05, 0) is 135 Å². The zero-order valence-corrected chi connectivity index (χ0v) is 31.6. The molecule has 0 amide bonds. The lowest BCUT2D eigenvalue weighted by Gasteiger charge is -2.26. The summed E-state index contributed by atoms with van der Waals surface area (Å²) in [7, 11) is 0. The Morgan fingerprint density at radius 3 is 1.84 bits per heavy atom. The van der Waals surface area contributed by atoms with Crippen LogP contribution in [0.1, 0.15) is 37.2 Å². The van der Waals surface area contributed by atoms with E-state index < -0.39 is 0 Å². The minimum Gasteiger partial charge on any atom is -0.310 e. The molecule has 2 heteroatoms. The van der Waals surface area contributed by atoms with Crippen LogP contribution in [0.25, 0.3) is 64.3 Å². The summed E-state index contributed by atoms with van der Waals surface area (Å²) in [5, 5.41) is 5.19. The molecule has 9 aromatic rings. The molecular weight excluding hydrogens is 683 g/mol. The van der Waals surface area contributed by atoms with Gasteiger partial charge in [0.1, 0.15) is 0 Å². The average molecular weight is 724 g/mol. The first-order chi connectivity index (χ1) is 27.2. The third-order valence-corrected chi connectivity index (χ3v) is 13.7. The monoisotopic (exact) mass is 723 g/mol. The van der Waals surface area contributed by atoms with E-state index in [1.165, 1.54) is 90.0 Å². The Balaban J connectivity index is 1.02. The molecule has 3 atom stereocenters. The number of thiophene rings is 1. The summed E-state index contributed by atoms with van der Waals surface area (Å²) in [5.41, 5.74) is 12.5. The van der Waals surface area contributed by atoms with Gasteiger partial charge in [-0.25, -0.2) is 0 Å². The van der Waals surface area contributed by atoms with Crippen LogP contribution in [-0.2, 0) is 0 Å². The Hall–Kier alpha value is -5.96. The van der Waals surface area contributed by atoms with Crippen LogP contribution < -0.4 is 4.90 Å². The van der Waals surface area contributed by atoms with Crippen molar-refractivity contribution in [3.05, 3.63) is 188 Å². The summed E-state index contributed by atoms with van der Waals surface area (Å²) in [5.74, 6) is 2.60. The Bertz CT molecular complexity index is 2810. The van der Waals surface area contributed by atoms with Crippen molar-refractivity contribution in [3.63, 3.8) is 0 Å². The van der Waals surface area contributed by atoms with Crippen LogP contribution in [0, 0.1) is 11.8 Å². The zero-order valence-electron chi connectivity index (χ0n) is 30.7. The molecule has 1 heterocycles. The van der Waals surface area contributed by atoms with Gasteiger partial charge < -0.3 is 4.90 Å². The van der Waals surface area contributed by atoms with E-state index in [0.29, 0.717) is 0 Å². The van der Waals surface area contributed by atoms with Crippen LogP contribution in [0.3, 0.4) is 0 Å². The van der Waals surface area contributed by atoms with Gasteiger partial charge in [-0.2, -0.15) is 0 Å². The number of hydrogen-bond acceptors (Lipinski definition) is 2. The predicted octanol–water partition coefficient (Wildman–Crippen LogP) is 15.6. The van der Waals surface area contributed by atoms with Gasteiger partial charge in [0.05, 0.1) is 0 Å². The highest BCUT2D eigenvalue weighted by atomic mass is 32.1. The molecular formula is C53H41NS. The molecule has 2 aliphatic carbocycles. The predicted molar refractivity (Wildman–Crippen MR) is 236 cm³/mol. The minimum absolute atomic E-state index is 0.752. The molecule has 2 fully saturated rings. The van der Waals surface area contributed by atoms with Gasteiger partial charge in [0.2, 0.25) is 0 Å². The fourth-order valence-corrected chi connectivity index (χ4v) is 11.0. The summed E-state index contributed by atoms with van der Waals surface area (Å²) < 4.78 is 2.65. The largest absolute Gasteiger partial charge is 0.310 e. The van der Waals surface area contributed by atoms with Gasteiger partial charge in [-0.3, -0.25) is 0 Å². The van der Waals surface area contributed by atoms with E-state index in [9.17, 15) is 0 Å². The fourth-order valence-electron chi connectivity index (χ4n) is 9.91. The number of rotatable bonds is 7. The third kappa shape index (κ3) is 5.75. The van der Waals surface area contributed by atoms with Gasteiger partial charge in [0.15, 0.2) is 0 Å². The van der Waals surface area contributed by atoms with Gasteiger partial charge in [0.25, 0.3) is 0 Å². The molecule has 0 radical (unpaired) electrons. The smallest absolute Gasteiger partial charge is 0.0468 e. The molecule has 0 saturated heterocycles. The van der Waals surface area contributed by atoms with Crippen LogP contribution in [0.15, 0.2) is 182 Å². The number of anilines is 3. The Kier molecular flexibility index (Phi) is 7.92. The fraction of sp³-hybridized carbons (Fsp3) is 0.132. The molecule has 8 aromatic carbocycles. The second-order valence-corrected chi connectivity index (χ2v) is 16.8. The summed E-state index contributed by atoms with van der Waals surface area (Å²) in [6.45, 7) is 0. The maximum atomic E-state index is 2.43. The highest BCUT2D eigenvalue weighted by Crippen LogP contribution is 2.53. The first kappa shape index (κ1) is 32.5. The van der Waals surface area contributed by atoms with Crippen molar-refractivity contribution >= 4 is 59.3 Å².